The quantitative estimate of drug-likeness (QED) is 0.520. The highest BCUT2D eigenvalue weighted by atomic mass is 19.4. The number of nitrogens with two attached hydrogens (primary N) is 1. The van der Waals surface area contributed by atoms with Crippen LogP contribution in [-0.4, -0.2) is 27.7 Å². The fourth-order valence-electron chi connectivity index (χ4n) is 2.82. The zero-order valence-electron chi connectivity index (χ0n) is 15.3. The summed E-state index contributed by atoms with van der Waals surface area (Å²) in [6.07, 6.45) is -3.01. The van der Waals surface area contributed by atoms with Crippen LogP contribution in [0, 0.1) is 6.92 Å². The number of fused-ring (bicyclic) bond motifs is 1. The van der Waals surface area contributed by atoms with Gasteiger partial charge in [0, 0.05) is 11.9 Å². The lowest BCUT2D eigenvalue weighted by molar-refractivity contribution is -0.137. The van der Waals surface area contributed by atoms with Crippen LogP contribution < -0.4 is 11.1 Å². The number of benzene rings is 1. The normalized spacial score (nSPS) is 12.8. The maximum atomic E-state index is 13.1. The number of nitrogens with one attached hydrogen (secondary N) is 1. The average molecular weight is 393 g/mol. The molecule has 0 fully saturated rings. The van der Waals surface area contributed by atoms with Crippen LogP contribution in [0.2, 0.25) is 0 Å². The van der Waals surface area contributed by atoms with E-state index in [9.17, 15) is 18.0 Å². The SMILES string of the molecule is COC(=O)c1cc2c(N[C@H](C)c3cc(N)cc(C(F)(F)F)c3)nc(C)nn2c1. The van der Waals surface area contributed by atoms with Crippen LogP contribution in [0.1, 0.15) is 40.3 Å². The summed E-state index contributed by atoms with van der Waals surface area (Å²) in [6.45, 7) is 3.35. The summed E-state index contributed by atoms with van der Waals surface area (Å²) < 4.78 is 45.4. The molecule has 3 aromatic rings. The van der Waals surface area contributed by atoms with E-state index in [4.69, 9.17) is 10.5 Å². The van der Waals surface area contributed by atoms with Crippen LogP contribution in [0.4, 0.5) is 24.7 Å². The first-order valence-electron chi connectivity index (χ1n) is 8.28. The predicted molar refractivity (Wildman–Crippen MR) is 97.0 cm³/mol. The van der Waals surface area contributed by atoms with Crippen molar-refractivity contribution in [3.8, 4) is 0 Å². The Bertz CT molecular complexity index is 1050. The van der Waals surface area contributed by atoms with Gasteiger partial charge in [-0.2, -0.15) is 18.3 Å². The third-order valence-corrected chi connectivity index (χ3v) is 4.15. The van der Waals surface area contributed by atoms with Gasteiger partial charge in [-0.05, 0) is 43.7 Å². The van der Waals surface area contributed by atoms with Crippen molar-refractivity contribution < 1.29 is 22.7 Å². The minimum atomic E-state index is -4.50. The number of nitrogens with zero attached hydrogens (tertiary/aromatic N) is 3. The summed E-state index contributed by atoms with van der Waals surface area (Å²) >= 11 is 0. The number of hydrogen-bond donors (Lipinski definition) is 2. The molecule has 2 heterocycles. The standard InChI is InChI=1S/C18H18F3N5O2/c1-9(11-4-13(18(19,20)21)7-14(22)5-11)23-16-15-6-12(17(27)28-3)8-26(15)25-10(2)24-16/h4-9H,22H2,1-3H3,(H,23,24,25)/t9-/m1/s1. The molecule has 0 unspecified atom stereocenters. The Hall–Kier alpha value is -3.30. The van der Waals surface area contributed by atoms with Gasteiger partial charge in [0.1, 0.15) is 11.3 Å². The Morgan fingerprint density at radius 1 is 1.29 bits per heavy atom. The molecular weight excluding hydrogens is 375 g/mol. The highest BCUT2D eigenvalue weighted by molar-refractivity contribution is 5.92. The maximum Gasteiger partial charge on any atom is 0.416 e. The second-order valence-electron chi connectivity index (χ2n) is 6.31. The zero-order chi connectivity index (χ0) is 20.6. The number of ether oxygens (including phenoxy) is 1. The molecule has 0 aliphatic carbocycles. The summed E-state index contributed by atoms with van der Waals surface area (Å²) in [4.78, 5) is 16.1. The first-order chi connectivity index (χ1) is 13.1. The van der Waals surface area contributed by atoms with Crippen molar-refractivity contribution in [1.82, 2.24) is 14.6 Å². The summed E-state index contributed by atoms with van der Waals surface area (Å²) in [5, 5.41) is 7.27. The molecular formula is C18H18F3N5O2. The van der Waals surface area contributed by atoms with Crippen molar-refractivity contribution in [2.75, 3.05) is 18.2 Å². The van der Waals surface area contributed by atoms with Crippen molar-refractivity contribution in [2.24, 2.45) is 0 Å². The van der Waals surface area contributed by atoms with Crippen LogP contribution in [0.3, 0.4) is 0 Å². The largest absolute Gasteiger partial charge is 0.465 e. The molecule has 1 atom stereocenters. The number of esters is 1. The molecule has 0 saturated heterocycles. The van der Waals surface area contributed by atoms with E-state index in [-0.39, 0.29) is 11.3 Å². The van der Waals surface area contributed by atoms with Crippen LogP contribution in [0.25, 0.3) is 5.52 Å². The lowest BCUT2D eigenvalue weighted by atomic mass is 10.0. The third kappa shape index (κ3) is 3.85. The fourth-order valence-corrected chi connectivity index (χ4v) is 2.82. The van der Waals surface area contributed by atoms with Crippen molar-refractivity contribution in [1.29, 1.82) is 0 Å². The highest BCUT2D eigenvalue weighted by Crippen LogP contribution is 2.33. The lowest BCUT2D eigenvalue weighted by Gasteiger charge is -2.18. The van der Waals surface area contributed by atoms with Gasteiger partial charge in [-0.1, -0.05) is 0 Å². The number of halogens is 3. The second kappa shape index (κ2) is 7.02. The molecule has 0 bridgehead atoms. The number of carbonyl (C=O) groups is 1. The van der Waals surface area contributed by atoms with Gasteiger partial charge in [-0.3, -0.25) is 0 Å². The van der Waals surface area contributed by atoms with Gasteiger partial charge in [0.15, 0.2) is 5.82 Å². The summed E-state index contributed by atoms with van der Waals surface area (Å²) in [6, 6.07) is 4.40. The minimum Gasteiger partial charge on any atom is -0.465 e. The van der Waals surface area contributed by atoms with Crippen LogP contribution in [-0.2, 0) is 10.9 Å². The van der Waals surface area contributed by atoms with Crippen molar-refractivity contribution in [3.05, 3.63) is 53.0 Å². The Morgan fingerprint density at radius 3 is 2.64 bits per heavy atom. The van der Waals surface area contributed by atoms with Gasteiger partial charge in [-0.15, -0.1) is 0 Å². The molecule has 3 N–H and O–H groups in total. The maximum absolute atomic E-state index is 13.1. The topological polar surface area (TPSA) is 94.5 Å². The smallest absolute Gasteiger partial charge is 0.416 e. The second-order valence-corrected chi connectivity index (χ2v) is 6.31. The Morgan fingerprint density at radius 2 is 2.00 bits per heavy atom. The van der Waals surface area contributed by atoms with E-state index in [0.29, 0.717) is 22.7 Å². The molecule has 3 rings (SSSR count). The number of methoxy groups -OCH3 is 1. The van der Waals surface area contributed by atoms with Gasteiger partial charge in [0.25, 0.3) is 0 Å². The van der Waals surface area contributed by atoms with E-state index in [1.807, 2.05) is 0 Å². The van der Waals surface area contributed by atoms with Gasteiger partial charge < -0.3 is 15.8 Å². The van der Waals surface area contributed by atoms with Gasteiger partial charge in [0.05, 0.1) is 24.3 Å². The van der Waals surface area contributed by atoms with Crippen LogP contribution in [0.15, 0.2) is 30.5 Å². The van der Waals surface area contributed by atoms with Gasteiger partial charge in [-0.25, -0.2) is 14.3 Å². The minimum absolute atomic E-state index is 0.0122. The number of aryl methyl sites for hydroxylation is 1. The van der Waals surface area contributed by atoms with E-state index in [0.717, 1.165) is 12.1 Å². The molecule has 0 saturated carbocycles. The third-order valence-electron chi connectivity index (χ3n) is 4.15. The first-order valence-corrected chi connectivity index (χ1v) is 8.28. The molecule has 0 spiro atoms. The van der Waals surface area contributed by atoms with E-state index >= 15 is 0 Å². The molecule has 0 aliphatic heterocycles. The van der Waals surface area contributed by atoms with E-state index < -0.39 is 23.8 Å². The van der Waals surface area contributed by atoms with Gasteiger partial charge in [0.2, 0.25) is 0 Å². The molecule has 1 aromatic carbocycles. The Balaban J connectivity index is 1.99. The van der Waals surface area contributed by atoms with E-state index in [1.54, 1.807) is 19.9 Å². The molecule has 148 valence electrons. The van der Waals surface area contributed by atoms with Gasteiger partial charge >= 0.3 is 12.1 Å². The molecule has 7 nitrogen and oxygen atoms in total. The molecule has 10 heteroatoms. The van der Waals surface area contributed by atoms with Crippen molar-refractivity contribution in [2.45, 2.75) is 26.1 Å². The van der Waals surface area contributed by atoms with E-state index in [2.05, 4.69) is 15.4 Å². The van der Waals surface area contributed by atoms with Crippen molar-refractivity contribution >= 4 is 23.0 Å². The van der Waals surface area contributed by atoms with Crippen LogP contribution in [0.5, 0.6) is 0 Å². The average Bonchev–Trinajstić information content (AvgIpc) is 3.03. The van der Waals surface area contributed by atoms with Crippen LogP contribution >= 0.6 is 0 Å². The van der Waals surface area contributed by atoms with E-state index in [1.165, 1.54) is 23.9 Å². The number of hydrogen-bond acceptors (Lipinski definition) is 6. The number of aromatic nitrogens is 3. The lowest BCUT2D eigenvalue weighted by Crippen LogP contribution is -2.13. The highest BCUT2D eigenvalue weighted by Gasteiger charge is 2.31. The number of nitrogen functional groups attached to an aromatic ring is 1. The summed E-state index contributed by atoms with van der Waals surface area (Å²) in [7, 11) is 1.26. The predicted octanol–water partition coefficient (Wildman–Crippen LogP) is 3.60. The first kappa shape index (κ1) is 19.5. The molecule has 28 heavy (non-hydrogen) atoms. The summed E-state index contributed by atoms with van der Waals surface area (Å²) in [5.74, 6) is 0.247. The molecule has 0 aliphatic rings. The fraction of sp³-hybridized carbons (Fsp3) is 0.278. The number of rotatable bonds is 4. The summed E-state index contributed by atoms with van der Waals surface area (Å²) in [5.41, 5.74) is 5.95. The number of alkyl halides is 3. The zero-order valence-corrected chi connectivity index (χ0v) is 15.3. The molecule has 0 radical (unpaired) electrons. The number of anilines is 2. The Kier molecular flexibility index (Phi) is 4.88. The Labute approximate surface area is 158 Å². The van der Waals surface area contributed by atoms with Crippen molar-refractivity contribution in [3.63, 3.8) is 0 Å². The monoisotopic (exact) mass is 393 g/mol. The number of carbonyl (C=O) groups excluding carboxylic acids is 1. The molecule has 2 aromatic heterocycles. The molecule has 0 amide bonds.